The summed E-state index contributed by atoms with van der Waals surface area (Å²) in [4.78, 5) is 0. The molecule has 2 aromatic rings. The molecule has 0 radical (unpaired) electrons. The molecule has 0 atom stereocenters. The molecule has 0 spiro atoms. The van der Waals surface area contributed by atoms with Crippen molar-refractivity contribution in [2.45, 2.75) is 6.54 Å². The van der Waals surface area contributed by atoms with Crippen molar-refractivity contribution in [1.29, 1.82) is 0 Å². The molecule has 0 fully saturated rings. The number of nitrogens with two attached hydrogens (primary N) is 1. The number of ether oxygens (including phenoxy) is 1. The van der Waals surface area contributed by atoms with Crippen LogP contribution in [0.5, 0.6) is 5.75 Å². The third-order valence-electron chi connectivity index (χ3n) is 2.27. The van der Waals surface area contributed by atoms with Crippen molar-refractivity contribution in [3.63, 3.8) is 0 Å². The van der Waals surface area contributed by atoms with E-state index in [0.717, 1.165) is 21.3 Å². The molecule has 0 bridgehead atoms. The number of nitrogens with zero attached hydrogens (tertiary/aromatic N) is 1. The number of rotatable bonds is 3. The molecule has 1 heterocycles. The van der Waals surface area contributed by atoms with Crippen LogP contribution in [0.25, 0.3) is 11.3 Å². The van der Waals surface area contributed by atoms with Crippen LogP contribution in [0.3, 0.4) is 0 Å². The Labute approximate surface area is 102 Å². The Morgan fingerprint density at radius 2 is 2.31 bits per heavy atom. The van der Waals surface area contributed by atoms with Gasteiger partial charge in [-0.1, -0.05) is 21.1 Å². The molecule has 0 unspecified atom stereocenters. The van der Waals surface area contributed by atoms with E-state index in [4.69, 9.17) is 15.0 Å². The van der Waals surface area contributed by atoms with Crippen LogP contribution in [-0.4, -0.2) is 12.3 Å². The zero-order valence-electron chi connectivity index (χ0n) is 8.74. The minimum Gasteiger partial charge on any atom is -0.496 e. The normalized spacial score (nSPS) is 10.4. The van der Waals surface area contributed by atoms with Crippen LogP contribution in [0.4, 0.5) is 0 Å². The van der Waals surface area contributed by atoms with E-state index < -0.39 is 0 Å². The summed E-state index contributed by atoms with van der Waals surface area (Å²) in [5.74, 6) is 1.38. The lowest BCUT2D eigenvalue weighted by atomic mass is 10.1. The van der Waals surface area contributed by atoms with Crippen molar-refractivity contribution >= 4 is 15.9 Å². The molecule has 2 N–H and O–H groups in total. The van der Waals surface area contributed by atoms with E-state index >= 15 is 0 Å². The van der Waals surface area contributed by atoms with Crippen molar-refractivity contribution < 1.29 is 9.26 Å². The molecule has 4 nitrogen and oxygen atoms in total. The highest BCUT2D eigenvalue weighted by atomic mass is 79.9. The van der Waals surface area contributed by atoms with Gasteiger partial charge in [-0.25, -0.2) is 0 Å². The van der Waals surface area contributed by atoms with Gasteiger partial charge in [0.1, 0.15) is 5.75 Å². The lowest BCUT2D eigenvalue weighted by Crippen LogP contribution is -1.97. The molecule has 0 saturated carbocycles. The lowest BCUT2D eigenvalue weighted by Gasteiger charge is -2.07. The standard InChI is InChI=1S/C11H11BrN2O2/c1-15-10-3-2-8(12)4-9(10)11-7(5-13)6-14-16-11/h2-4,6H,5,13H2,1H3. The van der Waals surface area contributed by atoms with Gasteiger partial charge in [0.05, 0.1) is 18.9 Å². The number of aromatic nitrogens is 1. The average molecular weight is 283 g/mol. The summed E-state index contributed by atoms with van der Waals surface area (Å²) in [7, 11) is 1.62. The van der Waals surface area contributed by atoms with Crippen molar-refractivity contribution in [1.82, 2.24) is 5.16 Å². The van der Waals surface area contributed by atoms with E-state index in [9.17, 15) is 0 Å². The first-order valence-corrected chi connectivity index (χ1v) is 5.53. The molecule has 0 saturated heterocycles. The van der Waals surface area contributed by atoms with E-state index in [-0.39, 0.29) is 0 Å². The van der Waals surface area contributed by atoms with Gasteiger partial charge in [-0.05, 0) is 18.2 Å². The summed E-state index contributed by atoms with van der Waals surface area (Å²) in [5.41, 5.74) is 7.31. The fourth-order valence-electron chi connectivity index (χ4n) is 1.49. The van der Waals surface area contributed by atoms with Gasteiger partial charge in [0, 0.05) is 16.6 Å². The first-order valence-electron chi connectivity index (χ1n) is 4.73. The van der Waals surface area contributed by atoms with Gasteiger partial charge in [-0.3, -0.25) is 0 Å². The SMILES string of the molecule is COc1ccc(Br)cc1-c1oncc1CN. The molecule has 0 aliphatic heterocycles. The number of benzene rings is 1. The summed E-state index contributed by atoms with van der Waals surface area (Å²) in [5, 5.41) is 3.75. The van der Waals surface area contributed by atoms with Crippen LogP contribution in [0, 0.1) is 0 Å². The Hall–Kier alpha value is -1.33. The van der Waals surface area contributed by atoms with Crippen molar-refractivity contribution in [2.24, 2.45) is 5.73 Å². The molecule has 2 rings (SSSR count). The minimum atomic E-state index is 0.383. The zero-order chi connectivity index (χ0) is 11.5. The fourth-order valence-corrected chi connectivity index (χ4v) is 1.85. The van der Waals surface area contributed by atoms with Gasteiger partial charge < -0.3 is 15.0 Å². The average Bonchev–Trinajstić information content (AvgIpc) is 2.76. The van der Waals surface area contributed by atoms with Gasteiger partial charge >= 0.3 is 0 Å². The molecule has 5 heteroatoms. The van der Waals surface area contributed by atoms with Gasteiger partial charge in [-0.15, -0.1) is 0 Å². The molecule has 84 valence electrons. The molecule has 0 aliphatic rings. The van der Waals surface area contributed by atoms with E-state index in [1.54, 1.807) is 13.3 Å². The summed E-state index contributed by atoms with van der Waals surface area (Å²) in [6, 6.07) is 5.68. The zero-order valence-corrected chi connectivity index (χ0v) is 10.3. The maximum absolute atomic E-state index is 5.61. The van der Waals surface area contributed by atoms with Crippen molar-refractivity contribution in [3.05, 3.63) is 34.4 Å². The first-order chi connectivity index (χ1) is 7.76. The highest BCUT2D eigenvalue weighted by molar-refractivity contribution is 9.10. The van der Waals surface area contributed by atoms with Crippen LogP contribution in [-0.2, 0) is 6.54 Å². The molecular formula is C11H11BrN2O2. The summed E-state index contributed by atoms with van der Waals surface area (Å²) < 4.78 is 11.4. The largest absolute Gasteiger partial charge is 0.496 e. The quantitative estimate of drug-likeness (QED) is 0.940. The maximum Gasteiger partial charge on any atom is 0.175 e. The fraction of sp³-hybridized carbons (Fsp3) is 0.182. The number of hydrogen-bond donors (Lipinski definition) is 1. The third-order valence-corrected chi connectivity index (χ3v) is 2.76. The number of hydrogen-bond acceptors (Lipinski definition) is 4. The topological polar surface area (TPSA) is 61.3 Å². The molecule has 1 aromatic carbocycles. The second-order valence-electron chi connectivity index (χ2n) is 3.23. The highest BCUT2D eigenvalue weighted by Crippen LogP contribution is 2.34. The lowest BCUT2D eigenvalue weighted by molar-refractivity contribution is 0.405. The number of methoxy groups -OCH3 is 1. The van der Waals surface area contributed by atoms with Crippen LogP contribution >= 0.6 is 15.9 Å². The second-order valence-corrected chi connectivity index (χ2v) is 4.14. The Bertz CT molecular complexity index is 496. The number of halogens is 1. The molecule has 0 amide bonds. The van der Waals surface area contributed by atoms with Crippen LogP contribution < -0.4 is 10.5 Å². The van der Waals surface area contributed by atoms with Gasteiger partial charge in [-0.2, -0.15) is 0 Å². The summed E-state index contributed by atoms with van der Waals surface area (Å²) in [6.45, 7) is 0.383. The van der Waals surface area contributed by atoms with Crippen LogP contribution in [0.15, 0.2) is 33.4 Å². The third kappa shape index (κ3) is 1.96. The molecule has 1 aromatic heterocycles. The van der Waals surface area contributed by atoms with E-state index in [1.807, 2.05) is 18.2 Å². The summed E-state index contributed by atoms with van der Waals surface area (Å²) >= 11 is 3.41. The first kappa shape index (κ1) is 11.2. The van der Waals surface area contributed by atoms with E-state index in [0.29, 0.717) is 12.3 Å². The monoisotopic (exact) mass is 282 g/mol. The van der Waals surface area contributed by atoms with Gasteiger partial charge in [0.2, 0.25) is 0 Å². The van der Waals surface area contributed by atoms with E-state index in [1.165, 1.54) is 0 Å². The van der Waals surface area contributed by atoms with Crippen LogP contribution in [0.2, 0.25) is 0 Å². The second kappa shape index (κ2) is 4.67. The van der Waals surface area contributed by atoms with E-state index in [2.05, 4.69) is 21.1 Å². The molecular weight excluding hydrogens is 272 g/mol. The molecule has 0 aliphatic carbocycles. The Balaban J connectivity index is 2.58. The Morgan fingerprint density at radius 1 is 1.50 bits per heavy atom. The Kier molecular flexibility index (Phi) is 3.26. The van der Waals surface area contributed by atoms with Gasteiger partial charge in [0.15, 0.2) is 5.76 Å². The van der Waals surface area contributed by atoms with Crippen molar-refractivity contribution in [3.8, 4) is 17.1 Å². The van der Waals surface area contributed by atoms with Gasteiger partial charge in [0.25, 0.3) is 0 Å². The Morgan fingerprint density at radius 3 is 3.00 bits per heavy atom. The van der Waals surface area contributed by atoms with Crippen molar-refractivity contribution in [2.75, 3.05) is 7.11 Å². The minimum absolute atomic E-state index is 0.383. The molecule has 16 heavy (non-hydrogen) atoms. The maximum atomic E-state index is 5.61. The summed E-state index contributed by atoms with van der Waals surface area (Å²) in [6.07, 6.45) is 1.62. The van der Waals surface area contributed by atoms with Crippen LogP contribution in [0.1, 0.15) is 5.56 Å². The predicted molar refractivity (Wildman–Crippen MR) is 64.1 cm³/mol. The highest BCUT2D eigenvalue weighted by Gasteiger charge is 2.14. The smallest absolute Gasteiger partial charge is 0.175 e. The predicted octanol–water partition coefficient (Wildman–Crippen LogP) is 2.57.